The minimum Gasteiger partial charge on any atom is -0.465 e. The molecule has 0 spiro atoms. The second-order valence-electron chi connectivity index (χ2n) is 6.39. The van der Waals surface area contributed by atoms with Crippen molar-refractivity contribution < 1.29 is 19.1 Å². The number of esters is 1. The molecule has 146 valence electrons. The lowest BCUT2D eigenvalue weighted by molar-refractivity contribution is 0.0597. The number of methoxy groups -OCH3 is 2. The molecule has 1 heterocycles. The van der Waals surface area contributed by atoms with Gasteiger partial charge in [-0.1, -0.05) is 23.5 Å². The predicted molar refractivity (Wildman–Crippen MR) is 109 cm³/mol. The van der Waals surface area contributed by atoms with Crippen LogP contribution in [0.3, 0.4) is 0 Å². The molecule has 0 aliphatic carbocycles. The SMILES string of the molecule is COCCn1c(=NC(=O)c2ccccc2C(=O)OC)sc2cc(C)c(C)cc21. The summed E-state index contributed by atoms with van der Waals surface area (Å²) in [5, 5.41) is 0. The van der Waals surface area contributed by atoms with Crippen LogP contribution in [0.2, 0.25) is 0 Å². The first-order chi connectivity index (χ1) is 13.5. The van der Waals surface area contributed by atoms with E-state index >= 15 is 0 Å². The van der Waals surface area contributed by atoms with E-state index in [4.69, 9.17) is 9.47 Å². The van der Waals surface area contributed by atoms with E-state index in [0.717, 1.165) is 10.2 Å². The molecule has 6 nitrogen and oxygen atoms in total. The van der Waals surface area contributed by atoms with Gasteiger partial charge in [0.25, 0.3) is 5.91 Å². The van der Waals surface area contributed by atoms with E-state index in [2.05, 4.69) is 31.0 Å². The van der Waals surface area contributed by atoms with Crippen LogP contribution in [0.5, 0.6) is 0 Å². The van der Waals surface area contributed by atoms with Crippen LogP contribution in [0.15, 0.2) is 41.4 Å². The van der Waals surface area contributed by atoms with E-state index in [9.17, 15) is 9.59 Å². The highest BCUT2D eigenvalue weighted by Gasteiger charge is 2.17. The summed E-state index contributed by atoms with van der Waals surface area (Å²) in [6, 6.07) is 10.7. The lowest BCUT2D eigenvalue weighted by Gasteiger charge is -2.06. The topological polar surface area (TPSA) is 69.9 Å². The number of benzene rings is 2. The Balaban J connectivity index is 2.16. The van der Waals surface area contributed by atoms with Crippen molar-refractivity contribution in [2.24, 2.45) is 4.99 Å². The van der Waals surface area contributed by atoms with Crippen LogP contribution < -0.4 is 4.80 Å². The van der Waals surface area contributed by atoms with E-state index in [0.29, 0.717) is 18.0 Å². The van der Waals surface area contributed by atoms with Crippen molar-refractivity contribution in [2.75, 3.05) is 20.8 Å². The maximum absolute atomic E-state index is 12.9. The number of ether oxygens (including phenoxy) is 2. The second kappa shape index (κ2) is 8.50. The van der Waals surface area contributed by atoms with Crippen LogP contribution in [0, 0.1) is 13.8 Å². The average molecular weight is 398 g/mol. The van der Waals surface area contributed by atoms with E-state index in [-0.39, 0.29) is 11.1 Å². The van der Waals surface area contributed by atoms with Gasteiger partial charge in [0.15, 0.2) is 4.80 Å². The largest absolute Gasteiger partial charge is 0.465 e. The first-order valence-electron chi connectivity index (χ1n) is 8.82. The van der Waals surface area contributed by atoms with Crippen molar-refractivity contribution in [1.29, 1.82) is 0 Å². The number of aromatic nitrogens is 1. The van der Waals surface area contributed by atoms with Gasteiger partial charge in [-0.2, -0.15) is 4.99 Å². The zero-order valence-electron chi connectivity index (χ0n) is 16.3. The first kappa shape index (κ1) is 20.0. The Labute approximate surface area is 167 Å². The van der Waals surface area contributed by atoms with Gasteiger partial charge in [-0.05, 0) is 49.2 Å². The number of rotatable bonds is 5. The minimum atomic E-state index is -0.561. The smallest absolute Gasteiger partial charge is 0.338 e. The lowest BCUT2D eigenvalue weighted by Crippen LogP contribution is -2.20. The Morgan fingerprint density at radius 2 is 1.75 bits per heavy atom. The summed E-state index contributed by atoms with van der Waals surface area (Å²) in [5.41, 5.74) is 3.79. The predicted octanol–water partition coefficient (Wildman–Crippen LogP) is 3.49. The molecule has 28 heavy (non-hydrogen) atoms. The molecule has 0 bridgehead atoms. The van der Waals surface area contributed by atoms with Gasteiger partial charge in [0.1, 0.15) is 0 Å². The van der Waals surface area contributed by atoms with Crippen LogP contribution >= 0.6 is 11.3 Å². The van der Waals surface area contributed by atoms with Crippen LogP contribution in [0.4, 0.5) is 0 Å². The quantitative estimate of drug-likeness (QED) is 0.617. The summed E-state index contributed by atoms with van der Waals surface area (Å²) < 4.78 is 13.0. The maximum atomic E-state index is 12.9. The van der Waals surface area contributed by atoms with Gasteiger partial charge in [-0.3, -0.25) is 4.79 Å². The number of fused-ring (bicyclic) bond motifs is 1. The number of carbonyl (C=O) groups is 2. The highest BCUT2D eigenvalue weighted by Crippen LogP contribution is 2.22. The summed E-state index contributed by atoms with van der Waals surface area (Å²) in [4.78, 5) is 29.8. The van der Waals surface area contributed by atoms with Gasteiger partial charge in [-0.25, -0.2) is 4.79 Å². The zero-order chi connectivity index (χ0) is 20.3. The number of nitrogens with zero attached hydrogens (tertiary/aromatic N) is 2. The molecule has 0 fully saturated rings. The Morgan fingerprint density at radius 1 is 1.07 bits per heavy atom. The van der Waals surface area contributed by atoms with Crippen molar-refractivity contribution in [3.8, 4) is 0 Å². The molecular weight excluding hydrogens is 376 g/mol. The maximum Gasteiger partial charge on any atom is 0.338 e. The molecule has 3 aromatic rings. The summed E-state index contributed by atoms with van der Waals surface area (Å²) in [6.07, 6.45) is 0. The molecule has 0 aliphatic rings. The fourth-order valence-corrected chi connectivity index (χ4v) is 4.04. The van der Waals surface area contributed by atoms with Gasteiger partial charge in [-0.15, -0.1) is 0 Å². The Morgan fingerprint density at radius 3 is 2.43 bits per heavy atom. The van der Waals surface area contributed by atoms with Gasteiger partial charge >= 0.3 is 5.97 Å². The molecule has 1 aromatic heterocycles. The van der Waals surface area contributed by atoms with Crippen molar-refractivity contribution in [3.05, 3.63) is 63.5 Å². The van der Waals surface area contributed by atoms with E-state index in [1.165, 1.54) is 29.6 Å². The molecule has 0 aliphatic heterocycles. The summed E-state index contributed by atoms with van der Waals surface area (Å²) in [5.74, 6) is -1.04. The molecular formula is C21H22N2O4S. The summed E-state index contributed by atoms with van der Waals surface area (Å²) >= 11 is 1.44. The standard InChI is InChI=1S/C21H22N2O4S/c1-13-11-17-18(12-14(13)2)28-21(23(17)9-10-26-3)22-19(24)15-7-5-6-8-16(15)20(25)27-4/h5-8,11-12H,9-10H2,1-4H3. The molecule has 3 rings (SSSR count). The van der Waals surface area contributed by atoms with E-state index in [1.807, 2.05) is 4.57 Å². The Bertz CT molecular complexity index is 1110. The van der Waals surface area contributed by atoms with E-state index in [1.54, 1.807) is 31.4 Å². The molecule has 0 saturated heterocycles. The van der Waals surface area contributed by atoms with Gasteiger partial charge in [0.2, 0.25) is 0 Å². The highest BCUT2D eigenvalue weighted by molar-refractivity contribution is 7.16. The molecule has 2 aromatic carbocycles. The third-order valence-electron chi connectivity index (χ3n) is 4.58. The monoisotopic (exact) mass is 398 g/mol. The molecule has 1 amide bonds. The molecule has 0 atom stereocenters. The van der Waals surface area contributed by atoms with Gasteiger partial charge < -0.3 is 14.0 Å². The third-order valence-corrected chi connectivity index (χ3v) is 5.62. The number of aryl methyl sites for hydroxylation is 2. The van der Waals surface area contributed by atoms with Gasteiger partial charge in [0, 0.05) is 13.7 Å². The molecule has 0 N–H and O–H groups in total. The van der Waals surface area contributed by atoms with Crippen LogP contribution in [0.25, 0.3) is 10.2 Å². The van der Waals surface area contributed by atoms with Crippen LogP contribution in [-0.2, 0) is 16.0 Å². The summed E-state index contributed by atoms with van der Waals surface area (Å²) in [7, 11) is 2.93. The van der Waals surface area contributed by atoms with Crippen molar-refractivity contribution in [1.82, 2.24) is 4.57 Å². The average Bonchev–Trinajstić information content (AvgIpc) is 3.01. The number of thiazole rings is 1. The fraction of sp³-hybridized carbons (Fsp3) is 0.286. The third kappa shape index (κ3) is 3.90. The number of carbonyl (C=O) groups excluding carboxylic acids is 2. The number of hydrogen-bond donors (Lipinski definition) is 0. The minimum absolute atomic E-state index is 0.204. The molecule has 7 heteroatoms. The second-order valence-corrected chi connectivity index (χ2v) is 7.40. The molecule has 0 unspecified atom stereocenters. The lowest BCUT2D eigenvalue weighted by atomic mass is 10.1. The number of hydrogen-bond acceptors (Lipinski definition) is 5. The van der Waals surface area contributed by atoms with E-state index < -0.39 is 11.9 Å². The Hall–Kier alpha value is -2.77. The van der Waals surface area contributed by atoms with Crippen molar-refractivity contribution >= 4 is 33.4 Å². The number of amides is 1. The van der Waals surface area contributed by atoms with Crippen LogP contribution in [-0.4, -0.2) is 37.3 Å². The first-order valence-corrected chi connectivity index (χ1v) is 9.63. The van der Waals surface area contributed by atoms with Crippen molar-refractivity contribution in [2.45, 2.75) is 20.4 Å². The summed E-state index contributed by atoms with van der Waals surface area (Å²) in [6.45, 7) is 5.19. The molecule has 0 saturated carbocycles. The highest BCUT2D eigenvalue weighted by atomic mass is 32.1. The Kier molecular flexibility index (Phi) is 6.06. The molecule has 0 radical (unpaired) electrons. The normalized spacial score (nSPS) is 11.8. The fourth-order valence-electron chi connectivity index (χ4n) is 2.91. The van der Waals surface area contributed by atoms with Crippen molar-refractivity contribution in [3.63, 3.8) is 0 Å². The van der Waals surface area contributed by atoms with Crippen LogP contribution in [0.1, 0.15) is 31.8 Å². The zero-order valence-corrected chi connectivity index (χ0v) is 17.1. The van der Waals surface area contributed by atoms with Gasteiger partial charge in [0.05, 0.1) is 35.1 Å².